The molecule has 0 saturated heterocycles. The minimum Gasteiger partial charge on any atom is -0.463 e. The standard InChI is InChI=1S/C39H71N3O7/c1-4-6-8-10-12-14-16-18-20-22-24-26-37(43)48-34-36(33-42-32-35(40-41-42)28-29-38(44)47-31-30-46-3)49-39(45)27-25-23-21-19-17-15-13-11-9-7-5-2/h32,36H,4-31,33-34H2,1-3H3. The Morgan fingerprint density at radius 1 is 0.612 bits per heavy atom. The fourth-order valence-electron chi connectivity index (χ4n) is 5.79. The van der Waals surface area contributed by atoms with Gasteiger partial charge in [-0.2, -0.15) is 0 Å². The zero-order chi connectivity index (χ0) is 35.6. The Labute approximate surface area is 298 Å². The quantitative estimate of drug-likeness (QED) is 0.0389. The first-order chi connectivity index (χ1) is 24.0. The van der Waals surface area contributed by atoms with Crippen molar-refractivity contribution in [3.63, 3.8) is 0 Å². The molecule has 10 nitrogen and oxygen atoms in total. The van der Waals surface area contributed by atoms with Crippen molar-refractivity contribution in [2.24, 2.45) is 0 Å². The van der Waals surface area contributed by atoms with Gasteiger partial charge in [0.15, 0.2) is 6.10 Å². The smallest absolute Gasteiger partial charge is 0.306 e. The summed E-state index contributed by atoms with van der Waals surface area (Å²) in [6, 6.07) is 0. The molecule has 1 unspecified atom stereocenters. The largest absolute Gasteiger partial charge is 0.463 e. The number of esters is 3. The van der Waals surface area contributed by atoms with Crippen molar-refractivity contribution in [3.05, 3.63) is 11.9 Å². The van der Waals surface area contributed by atoms with Crippen LogP contribution in [0.5, 0.6) is 0 Å². The summed E-state index contributed by atoms with van der Waals surface area (Å²) in [4.78, 5) is 37.2. The lowest BCUT2D eigenvalue weighted by molar-refractivity contribution is -0.160. The van der Waals surface area contributed by atoms with Crippen molar-refractivity contribution in [2.75, 3.05) is 26.9 Å². The molecule has 49 heavy (non-hydrogen) atoms. The molecule has 0 saturated carbocycles. The van der Waals surface area contributed by atoms with E-state index in [0.717, 1.165) is 38.5 Å². The molecule has 0 aromatic carbocycles. The molecule has 0 bridgehead atoms. The van der Waals surface area contributed by atoms with Gasteiger partial charge in [0, 0.05) is 32.6 Å². The SMILES string of the molecule is CCCCCCCCCCCCCC(=O)OCC(Cn1cc(CCC(=O)OCCOC)nn1)OC(=O)CCCCCCCCCCCCC. The lowest BCUT2D eigenvalue weighted by Gasteiger charge is -2.18. The van der Waals surface area contributed by atoms with E-state index < -0.39 is 6.10 Å². The molecule has 284 valence electrons. The van der Waals surface area contributed by atoms with E-state index in [1.54, 1.807) is 18.0 Å². The first kappa shape index (κ1) is 44.5. The van der Waals surface area contributed by atoms with Crippen LogP contribution < -0.4 is 0 Å². The van der Waals surface area contributed by atoms with Gasteiger partial charge in [-0.15, -0.1) is 5.10 Å². The third kappa shape index (κ3) is 28.0. The molecule has 0 aliphatic heterocycles. The van der Waals surface area contributed by atoms with Gasteiger partial charge in [0.25, 0.3) is 0 Å². The van der Waals surface area contributed by atoms with Crippen molar-refractivity contribution in [2.45, 2.75) is 193 Å². The van der Waals surface area contributed by atoms with E-state index in [1.807, 2.05) is 0 Å². The van der Waals surface area contributed by atoms with Crippen LogP contribution in [0.2, 0.25) is 0 Å². The van der Waals surface area contributed by atoms with Crippen molar-refractivity contribution in [1.82, 2.24) is 15.0 Å². The molecule has 0 spiro atoms. The number of carbonyl (C=O) groups excluding carboxylic acids is 3. The van der Waals surface area contributed by atoms with E-state index in [0.29, 0.717) is 31.6 Å². The zero-order valence-corrected chi connectivity index (χ0v) is 31.6. The molecular formula is C39H71N3O7. The number of ether oxygens (including phenoxy) is 4. The highest BCUT2D eigenvalue weighted by atomic mass is 16.6. The maximum atomic E-state index is 12.8. The van der Waals surface area contributed by atoms with Gasteiger partial charge in [0.05, 0.1) is 25.3 Å². The zero-order valence-electron chi connectivity index (χ0n) is 31.6. The molecule has 10 heteroatoms. The summed E-state index contributed by atoms with van der Waals surface area (Å²) in [5, 5.41) is 8.29. The molecule has 0 fully saturated rings. The Balaban J connectivity index is 2.43. The van der Waals surface area contributed by atoms with Crippen LogP contribution in [0.4, 0.5) is 0 Å². The van der Waals surface area contributed by atoms with Gasteiger partial charge in [0.2, 0.25) is 0 Å². The molecule has 0 N–H and O–H groups in total. The molecule has 1 heterocycles. The third-order valence-electron chi connectivity index (χ3n) is 8.81. The summed E-state index contributed by atoms with van der Waals surface area (Å²) in [5.41, 5.74) is 0.628. The van der Waals surface area contributed by atoms with Crippen molar-refractivity contribution >= 4 is 17.9 Å². The average Bonchev–Trinajstić information content (AvgIpc) is 3.54. The molecule has 0 aliphatic rings. The summed E-state index contributed by atoms with van der Waals surface area (Å²) in [5.74, 6) is -0.888. The molecule has 1 atom stereocenters. The van der Waals surface area contributed by atoms with E-state index in [-0.39, 0.29) is 44.1 Å². The molecule has 0 aliphatic carbocycles. The van der Waals surface area contributed by atoms with Crippen LogP contribution in [0.3, 0.4) is 0 Å². The third-order valence-corrected chi connectivity index (χ3v) is 8.81. The Bertz CT molecular complexity index is 939. The van der Waals surface area contributed by atoms with Crippen LogP contribution in [0.25, 0.3) is 0 Å². The highest BCUT2D eigenvalue weighted by Crippen LogP contribution is 2.14. The molecular weight excluding hydrogens is 622 g/mol. The summed E-state index contributed by atoms with van der Waals surface area (Å²) < 4.78 is 22.9. The second-order valence-electron chi connectivity index (χ2n) is 13.5. The maximum Gasteiger partial charge on any atom is 0.306 e. The Kier molecular flexibility index (Phi) is 29.7. The minimum atomic E-state index is -0.671. The Morgan fingerprint density at radius 3 is 1.59 bits per heavy atom. The first-order valence-electron chi connectivity index (χ1n) is 19.9. The number of hydrogen-bond acceptors (Lipinski definition) is 9. The molecule has 0 radical (unpaired) electrons. The lowest BCUT2D eigenvalue weighted by atomic mass is 10.1. The Morgan fingerprint density at radius 2 is 1.08 bits per heavy atom. The van der Waals surface area contributed by atoms with Crippen LogP contribution in [0, 0.1) is 0 Å². The normalized spacial score (nSPS) is 11.8. The minimum absolute atomic E-state index is 0.0259. The first-order valence-corrected chi connectivity index (χ1v) is 19.9. The number of nitrogens with zero attached hydrogens (tertiary/aromatic N) is 3. The predicted octanol–water partition coefficient (Wildman–Crippen LogP) is 9.26. The number of rotatable bonds is 35. The van der Waals surface area contributed by atoms with Gasteiger partial charge in [0.1, 0.15) is 13.2 Å². The number of unbranched alkanes of at least 4 members (excludes halogenated alkanes) is 20. The highest BCUT2D eigenvalue weighted by molar-refractivity contribution is 5.70. The predicted molar refractivity (Wildman–Crippen MR) is 194 cm³/mol. The van der Waals surface area contributed by atoms with E-state index in [2.05, 4.69) is 24.2 Å². The summed E-state index contributed by atoms with van der Waals surface area (Å²) in [7, 11) is 1.55. The highest BCUT2D eigenvalue weighted by Gasteiger charge is 2.19. The fraction of sp³-hybridized carbons (Fsp3) is 0.872. The maximum absolute atomic E-state index is 12.8. The number of hydrogen-bond donors (Lipinski definition) is 0. The van der Waals surface area contributed by atoms with Crippen LogP contribution in [-0.4, -0.2) is 65.9 Å². The van der Waals surface area contributed by atoms with Crippen LogP contribution in [-0.2, 0) is 46.3 Å². The van der Waals surface area contributed by atoms with Crippen LogP contribution in [0.1, 0.15) is 180 Å². The number of methoxy groups -OCH3 is 1. The lowest BCUT2D eigenvalue weighted by Crippen LogP contribution is -2.30. The van der Waals surface area contributed by atoms with E-state index >= 15 is 0 Å². The van der Waals surface area contributed by atoms with Crippen molar-refractivity contribution in [3.8, 4) is 0 Å². The second kappa shape index (κ2) is 32.7. The van der Waals surface area contributed by atoms with Gasteiger partial charge >= 0.3 is 17.9 Å². The fourth-order valence-corrected chi connectivity index (χ4v) is 5.79. The summed E-state index contributed by atoms with van der Waals surface area (Å²) in [6.07, 6.45) is 29.1. The molecule has 0 amide bonds. The topological polar surface area (TPSA) is 119 Å². The van der Waals surface area contributed by atoms with Crippen LogP contribution >= 0.6 is 0 Å². The molecule has 1 aromatic heterocycles. The van der Waals surface area contributed by atoms with Gasteiger partial charge < -0.3 is 18.9 Å². The van der Waals surface area contributed by atoms with Gasteiger partial charge in [-0.25, -0.2) is 4.68 Å². The Hall–Kier alpha value is -2.49. The van der Waals surface area contributed by atoms with Crippen molar-refractivity contribution < 1.29 is 33.3 Å². The van der Waals surface area contributed by atoms with E-state index in [4.69, 9.17) is 18.9 Å². The van der Waals surface area contributed by atoms with Crippen molar-refractivity contribution in [1.29, 1.82) is 0 Å². The monoisotopic (exact) mass is 694 g/mol. The molecule has 1 aromatic rings. The second-order valence-corrected chi connectivity index (χ2v) is 13.5. The van der Waals surface area contributed by atoms with Gasteiger partial charge in [-0.3, -0.25) is 14.4 Å². The van der Waals surface area contributed by atoms with E-state index in [9.17, 15) is 14.4 Å². The van der Waals surface area contributed by atoms with E-state index in [1.165, 1.54) is 103 Å². The van der Waals surface area contributed by atoms with Gasteiger partial charge in [-0.1, -0.05) is 147 Å². The van der Waals surface area contributed by atoms with Crippen LogP contribution in [0.15, 0.2) is 6.20 Å². The van der Waals surface area contributed by atoms with Gasteiger partial charge in [-0.05, 0) is 12.8 Å². The average molecular weight is 694 g/mol. The molecule has 1 rings (SSSR count). The number of aryl methyl sites for hydroxylation is 1. The summed E-state index contributed by atoms with van der Waals surface area (Å²) in [6.45, 7) is 5.24. The summed E-state index contributed by atoms with van der Waals surface area (Å²) >= 11 is 0. The number of carbonyl (C=O) groups is 3. The number of aromatic nitrogens is 3.